The van der Waals surface area contributed by atoms with Crippen LogP contribution in [0, 0.1) is 17.2 Å². The summed E-state index contributed by atoms with van der Waals surface area (Å²) in [5.41, 5.74) is 7.00. The van der Waals surface area contributed by atoms with E-state index in [2.05, 4.69) is 45.8 Å². The molecule has 5 rings (SSSR count). The lowest BCUT2D eigenvalue weighted by Gasteiger charge is -2.22. The Labute approximate surface area is 241 Å². The molecule has 0 radical (unpaired) electrons. The summed E-state index contributed by atoms with van der Waals surface area (Å²) in [7, 11) is 3.89. The number of aromatic nitrogens is 4. The van der Waals surface area contributed by atoms with Crippen LogP contribution in [-0.2, 0) is 20.6 Å². The van der Waals surface area contributed by atoms with Gasteiger partial charge in [0.25, 0.3) is 0 Å². The van der Waals surface area contributed by atoms with Gasteiger partial charge in [0.2, 0.25) is 0 Å². The average molecular weight is 549 g/mol. The number of hydrogen-bond acceptors (Lipinski definition) is 5. The van der Waals surface area contributed by atoms with Crippen molar-refractivity contribution in [2.45, 2.75) is 39.2 Å². The van der Waals surface area contributed by atoms with Gasteiger partial charge in [0.05, 0.1) is 24.0 Å². The summed E-state index contributed by atoms with van der Waals surface area (Å²) in [6.45, 7) is 3.40. The average Bonchev–Trinajstić information content (AvgIpc) is 3.25. The predicted octanol–water partition coefficient (Wildman–Crippen LogP) is 5.98. The van der Waals surface area contributed by atoms with Crippen molar-refractivity contribution in [1.82, 2.24) is 24.6 Å². The Balaban J connectivity index is 1.34. The SMILES string of the molecule is CCCC1C(CCCNc2ccc(C#N)cn2)=C1N(C(=O)NCc1cccn1C)c1ccc(-c2cnn(C)c2)cc1. The van der Waals surface area contributed by atoms with E-state index in [4.69, 9.17) is 5.26 Å². The van der Waals surface area contributed by atoms with E-state index in [1.165, 1.54) is 5.57 Å². The highest BCUT2D eigenvalue weighted by molar-refractivity contribution is 5.97. The predicted molar refractivity (Wildman–Crippen MR) is 161 cm³/mol. The molecule has 1 unspecified atom stereocenters. The Bertz CT molecular complexity index is 1560. The van der Waals surface area contributed by atoms with Crippen molar-refractivity contribution in [3.8, 4) is 17.2 Å². The Morgan fingerprint density at radius 3 is 2.56 bits per heavy atom. The van der Waals surface area contributed by atoms with Crippen LogP contribution in [0.2, 0.25) is 0 Å². The Morgan fingerprint density at radius 2 is 1.93 bits per heavy atom. The number of anilines is 2. The molecule has 0 fully saturated rings. The van der Waals surface area contributed by atoms with E-state index in [0.717, 1.165) is 66.3 Å². The summed E-state index contributed by atoms with van der Waals surface area (Å²) < 4.78 is 3.81. The van der Waals surface area contributed by atoms with Crippen LogP contribution in [0.3, 0.4) is 0 Å². The molecule has 2 amide bonds. The lowest BCUT2D eigenvalue weighted by Crippen LogP contribution is -2.38. The van der Waals surface area contributed by atoms with E-state index in [0.29, 0.717) is 18.0 Å². The van der Waals surface area contributed by atoms with Crippen LogP contribution in [-0.4, -0.2) is 31.9 Å². The number of allylic oxidation sites excluding steroid dienone is 2. The van der Waals surface area contributed by atoms with Crippen LogP contribution in [0.15, 0.2) is 84.6 Å². The number of amides is 2. The number of aryl methyl sites for hydroxylation is 2. The summed E-state index contributed by atoms with van der Waals surface area (Å²) in [5.74, 6) is 1.06. The minimum Gasteiger partial charge on any atom is -0.370 e. The van der Waals surface area contributed by atoms with E-state index in [9.17, 15) is 4.79 Å². The number of carbonyl (C=O) groups excluding carboxylic acids is 1. The van der Waals surface area contributed by atoms with Crippen molar-refractivity contribution in [1.29, 1.82) is 5.26 Å². The minimum atomic E-state index is -0.119. The quantitative estimate of drug-likeness (QED) is 0.212. The van der Waals surface area contributed by atoms with Crippen molar-refractivity contribution in [2.75, 3.05) is 16.8 Å². The van der Waals surface area contributed by atoms with E-state index < -0.39 is 0 Å². The molecule has 0 aliphatic heterocycles. The minimum absolute atomic E-state index is 0.119. The van der Waals surface area contributed by atoms with Gasteiger partial charge in [-0.15, -0.1) is 0 Å². The zero-order valence-electron chi connectivity index (χ0n) is 23.8. The van der Waals surface area contributed by atoms with Gasteiger partial charge in [-0.2, -0.15) is 10.4 Å². The molecule has 1 aromatic carbocycles. The fourth-order valence-corrected chi connectivity index (χ4v) is 5.23. The van der Waals surface area contributed by atoms with Gasteiger partial charge in [0.15, 0.2) is 0 Å². The first-order chi connectivity index (χ1) is 20.0. The smallest absolute Gasteiger partial charge is 0.326 e. The summed E-state index contributed by atoms with van der Waals surface area (Å²) in [6.07, 6.45) is 11.3. The number of carbonyl (C=O) groups is 1. The fourth-order valence-electron chi connectivity index (χ4n) is 5.23. The second kappa shape index (κ2) is 12.6. The lowest BCUT2D eigenvalue weighted by atomic mass is 10.1. The largest absolute Gasteiger partial charge is 0.370 e. The van der Waals surface area contributed by atoms with Crippen molar-refractivity contribution in [2.24, 2.45) is 20.0 Å². The van der Waals surface area contributed by atoms with E-state index >= 15 is 0 Å². The second-order valence-corrected chi connectivity index (χ2v) is 10.4. The third kappa shape index (κ3) is 6.49. The van der Waals surface area contributed by atoms with Crippen LogP contribution >= 0.6 is 0 Å². The molecule has 9 nitrogen and oxygen atoms in total. The van der Waals surface area contributed by atoms with Crippen LogP contribution in [0.4, 0.5) is 16.3 Å². The molecule has 0 spiro atoms. The van der Waals surface area contributed by atoms with Gasteiger partial charge in [-0.05, 0) is 66.8 Å². The number of urea groups is 1. The van der Waals surface area contributed by atoms with Crippen molar-refractivity contribution in [3.05, 3.63) is 95.8 Å². The highest BCUT2D eigenvalue weighted by atomic mass is 16.2. The van der Waals surface area contributed by atoms with E-state index in [1.807, 2.05) is 72.5 Å². The van der Waals surface area contributed by atoms with Crippen molar-refractivity contribution < 1.29 is 4.79 Å². The molecule has 0 bridgehead atoms. The molecule has 0 saturated heterocycles. The summed E-state index contributed by atoms with van der Waals surface area (Å²) in [4.78, 5) is 19.9. The monoisotopic (exact) mass is 548 g/mol. The molecule has 3 heterocycles. The molecular weight excluding hydrogens is 512 g/mol. The lowest BCUT2D eigenvalue weighted by molar-refractivity contribution is 0.247. The van der Waals surface area contributed by atoms with Gasteiger partial charge in [0, 0.05) is 62.1 Å². The summed E-state index contributed by atoms with van der Waals surface area (Å²) >= 11 is 0. The molecule has 210 valence electrons. The zero-order chi connectivity index (χ0) is 28.8. The molecule has 4 aromatic rings. The number of benzene rings is 1. The van der Waals surface area contributed by atoms with Crippen molar-refractivity contribution >= 4 is 17.5 Å². The standard InChI is InChI=1S/C32H36N8O/c1-4-7-28-29(9-5-16-34-30-15-10-23(18-33)19-35-30)31(28)40(32(41)36-21-27-8-6-17-38(27)2)26-13-11-24(12-14-26)25-20-37-39(3)22-25/h6,8,10-15,17,19-20,22,28H,4-5,7,9,16,21H2,1-3H3,(H,34,35)(H,36,41). The molecule has 1 aliphatic rings. The summed E-state index contributed by atoms with van der Waals surface area (Å²) in [6, 6.07) is 17.7. The van der Waals surface area contributed by atoms with Gasteiger partial charge in [-0.25, -0.2) is 9.78 Å². The Kier molecular flexibility index (Phi) is 8.49. The molecule has 9 heteroatoms. The molecule has 41 heavy (non-hydrogen) atoms. The third-order valence-electron chi connectivity index (χ3n) is 7.48. The fraction of sp³-hybridized carbons (Fsp3) is 0.312. The molecular formula is C32H36N8O. The van der Waals surface area contributed by atoms with Crippen LogP contribution in [0.1, 0.15) is 43.9 Å². The first-order valence-electron chi connectivity index (χ1n) is 14.1. The first-order valence-corrected chi connectivity index (χ1v) is 14.1. The van der Waals surface area contributed by atoms with E-state index in [-0.39, 0.29) is 6.03 Å². The van der Waals surface area contributed by atoms with Gasteiger partial charge >= 0.3 is 6.03 Å². The molecule has 2 N–H and O–H groups in total. The van der Waals surface area contributed by atoms with Crippen LogP contribution in [0.5, 0.6) is 0 Å². The number of rotatable bonds is 12. The molecule has 1 atom stereocenters. The summed E-state index contributed by atoms with van der Waals surface area (Å²) in [5, 5.41) is 19.8. The number of nitrogens with zero attached hydrogens (tertiary/aromatic N) is 6. The second-order valence-electron chi connectivity index (χ2n) is 10.4. The topological polar surface area (TPSA) is 104 Å². The van der Waals surface area contributed by atoms with Crippen LogP contribution in [0.25, 0.3) is 11.1 Å². The normalized spacial score (nSPS) is 14.0. The highest BCUT2D eigenvalue weighted by Gasteiger charge is 2.41. The number of nitriles is 1. The molecule has 0 saturated carbocycles. The number of nitrogens with one attached hydrogen (secondary N) is 2. The Hall–Kier alpha value is -4.84. The maximum Gasteiger partial charge on any atom is 0.326 e. The van der Waals surface area contributed by atoms with Crippen LogP contribution < -0.4 is 15.5 Å². The maximum absolute atomic E-state index is 13.8. The zero-order valence-corrected chi connectivity index (χ0v) is 23.8. The van der Waals surface area contributed by atoms with Crippen molar-refractivity contribution in [3.63, 3.8) is 0 Å². The Morgan fingerprint density at radius 1 is 1.10 bits per heavy atom. The number of pyridine rings is 1. The van der Waals surface area contributed by atoms with E-state index in [1.54, 1.807) is 16.9 Å². The van der Waals surface area contributed by atoms with Gasteiger partial charge in [0.1, 0.15) is 11.9 Å². The molecule has 1 aliphatic carbocycles. The number of hydrogen-bond donors (Lipinski definition) is 2. The first kappa shape index (κ1) is 27.7. The van der Waals surface area contributed by atoms with Gasteiger partial charge < -0.3 is 15.2 Å². The third-order valence-corrected chi connectivity index (χ3v) is 7.48. The van der Waals surface area contributed by atoms with Gasteiger partial charge in [-0.1, -0.05) is 25.5 Å². The highest BCUT2D eigenvalue weighted by Crippen LogP contribution is 2.49. The molecule has 3 aromatic heterocycles. The van der Waals surface area contributed by atoms with Gasteiger partial charge in [-0.3, -0.25) is 9.58 Å². The maximum atomic E-state index is 13.8.